The summed E-state index contributed by atoms with van der Waals surface area (Å²) in [6.07, 6.45) is 4.18. The Morgan fingerprint density at radius 1 is 1.20 bits per heavy atom. The molecule has 0 aromatic heterocycles. The molecule has 1 aromatic carbocycles. The monoisotopic (exact) mass is 216 g/mol. The fraction of sp³-hybridized carbons (Fsp3) is 0.429. The van der Waals surface area contributed by atoms with Gasteiger partial charge in [0.15, 0.2) is 0 Å². The van der Waals surface area contributed by atoms with Crippen LogP contribution < -0.4 is 5.19 Å². The molecule has 1 unspecified atom stereocenters. The first-order valence-corrected chi connectivity index (χ1v) is 7.41. The molecule has 80 valence electrons. The Kier molecular flexibility index (Phi) is 3.42. The SMILES string of the molecule is CC1=C([SiH2]c2ccccc2)CCCC1C. The minimum Gasteiger partial charge on any atom is -0.0834 e. The molecule has 0 saturated heterocycles. The van der Waals surface area contributed by atoms with E-state index in [0.29, 0.717) is 0 Å². The van der Waals surface area contributed by atoms with Gasteiger partial charge in [-0.25, -0.2) is 0 Å². The van der Waals surface area contributed by atoms with Crippen molar-refractivity contribution in [2.24, 2.45) is 5.92 Å². The summed E-state index contributed by atoms with van der Waals surface area (Å²) >= 11 is 0. The fourth-order valence-corrected chi connectivity index (χ4v) is 4.51. The Morgan fingerprint density at radius 2 is 1.93 bits per heavy atom. The van der Waals surface area contributed by atoms with Crippen LogP contribution in [0, 0.1) is 5.92 Å². The van der Waals surface area contributed by atoms with Gasteiger partial charge >= 0.3 is 0 Å². The molecular formula is C14H20Si. The zero-order valence-electron chi connectivity index (χ0n) is 9.79. The van der Waals surface area contributed by atoms with Gasteiger partial charge in [-0.05, 0) is 32.1 Å². The Balaban J connectivity index is 2.15. The number of benzene rings is 1. The second kappa shape index (κ2) is 4.80. The van der Waals surface area contributed by atoms with E-state index in [-0.39, 0.29) is 9.52 Å². The summed E-state index contributed by atoms with van der Waals surface area (Å²) in [6.45, 7) is 4.74. The van der Waals surface area contributed by atoms with E-state index in [2.05, 4.69) is 44.2 Å². The Morgan fingerprint density at radius 3 is 2.67 bits per heavy atom. The molecule has 0 bridgehead atoms. The van der Waals surface area contributed by atoms with Crippen molar-refractivity contribution in [3.05, 3.63) is 41.1 Å². The fourth-order valence-electron chi connectivity index (χ4n) is 2.45. The molecule has 1 aromatic rings. The van der Waals surface area contributed by atoms with Crippen molar-refractivity contribution in [1.82, 2.24) is 0 Å². The van der Waals surface area contributed by atoms with E-state index in [9.17, 15) is 0 Å². The predicted octanol–water partition coefficient (Wildman–Crippen LogP) is 2.57. The van der Waals surface area contributed by atoms with Crippen LogP contribution in [0.25, 0.3) is 0 Å². The van der Waals surface area contributed by atoms with Crippen LogP contribution in [0.5, 0.6) is 0 Å². The second-order valence-electron chi connectivity index (χ2n) is 4.74. The summed E-state index contributed by atoms with van der Waals surface area (Å²) in [5, 5.41) is 3.42. The molecule has 0 spiro atoms. The van der Waals surface area contributed by atoms with Crippen LogP contribution in [-0.4, -0.2) is 9.52 Å². The van der Waals surface area contributed by atoms with E-state index >= 15 is 0 Å². The van der Waals surface area contributed by atoms with E-state index in [0.717, 1.165) is 5.92 Å². The van der Waals surface area contributed by atoms with Crippen molar-refractivity contribution in [2.45, 2.75) is 33.1 Å². The maximum atomic E-state index is 2.38. The van der Waals surface area contributed by atoms with Gasteiger partial charge in [0.2, 0.25) is 0 Å². The predicted molar refractivity (Wildman–Crippen MR) is 70.3 cm³/mol. The molecule has 0 N–H and O–H groups in total. The van der Waals surface area contributed by atoms with Crippen LogP contribution in [0.3, 0.4) is 0 Å². The van der Waals surface area contributed by atoms with Gasteiger partial charge < -0.3 is 0 Å². The third-order valence-electron chi connectivity index (χ3n) is 3.67. The summed E-state index contributed by atoms with van der Waals surface area (Å²) in [6, 6.07) is 11.1. The minimum atomic E-state index is -0.157. The third-order valence-corrected chi connectivity index (χ3v) is 5.89. The summed E-state index contributed by atoms with van der Waals surface area (Å²) in [5.74, 6) is 0.838. The maximum absolute atomic E-state index is 2.38. The highest BCUT2D eigenvalue weighted by atomic mass is 28.2. The lowest BCUT2D eigenvalue weighted by Gasteiger charge is -2.23. The van der Waals surface area contributed by atoms with Crippen LogP contribution in [0.1, 0.15) is 33.1 Å². The Hall–Kier alpha value is -0.823. The highest BCUT2D eigenvalue weighted by molar-refractivity contribution is 6.61. The molecule has 0 radical (unpaired) electrons. The first-order valence-electron chi connectivity index (χ1n) is 6.00. The van der Waals surface area contributed by atoms with Crippen molar-refractivity contribution < 1.29 is 0 Å². The van der Waals surface area contributed by atoms with Gasteiger partial charge in [-0.1, -0.05) is 53.2 Å². The molecule has 1 aliphatic rings. The highest BCUT2D eigenvalue weighted by Crippen LogP contribution is 2.28. The van der Waals surface area contributed by atoms with Crippen LogP contribution in [0.2, 0.25) is 0 Å². The maximum Gasteiger partial charge on any atom is 0.0823 e. The minimum absolute atomic E-state index is 0.157. The second-order valence-corrected chi connectivity index (χ2v) is 6.77. The molecule has 15 heavy (non-hydrogen) atoms. The highest BCUT2D eigenvalue weighted by Gasteiger charge is 2.15. The van der Waals surface area contributed by atoms with Crippen LogP contribution in [0.4, 0.5) is 0 Å². The average molecular weight is 216 g/mol. The van der Waals surface area contributed by atoms with Crippen molar-refractivity contribution in [1.29, 1.82) is 0 Å². The van der Waals surface area contributed by atoms with E-state index in [1.807, 2.05) is 5.20 Å². The molecular weight excluding hydrogens is 196 g/mol. The van der Waals surface area contributed by atoms with Gasteiger partial charge in [0.25, 0.3) is 0 Å². The lowest BCUT2D eigenvalue weighted by atomic mass is 9.90. The third kappa shape index (κ3) is 2.60. The zero-order valence-corrected chi connectivity index (χ0v) is 11.2. The van der Waals surface area contributed by atoms with Crippen molar-refractivity contribution in [2.75, 3.05) is 0 Å². The number of allylic oxidation sites excluding steroid dienone is 2. The van der Waals surface area contributed by atoms with E-state index < -0.39 is 0 Å². The molecule has 1 aliphatic carbocycles. The largest absolute Gasteiger partial charge is 0.0834 e. The van der Waals surface area contributed by atoms with Gasteiger partial charge in [0.1, 0.15) is 0 Å². The van der Waals surface area contributed by atoms with Crippen LogP contribution in [0.15, 0.2) is 41.1 Å². The number of hydrogen-bond donors (Lipinski definition) is 0. The van der Waals surface area contributed by atoms with Gasteiger partial charge in [-0.2, -0.15) is 0 Å². The smallest absolute Gasteiger partial charge is 0.0823 e. The summed E-state index contributed by atoms with van der Waals surface area (Å²) in [4.78, 5) is 0. The summed E-state index contributed by atoms with van der Waals surface area (Å²) in [5.41, 5.74) is 1.71. The van der Waals surface area contributed by atoms with Gasteiger partial charge in [-0.15, -0.1) is 0 Å². The van der Waals surface area contributed by atoms with Crippen molar-refractivity contribution in [3.63, 3.8) is 0 Å². The molecule has 1 atom stereocenters. The van der Waals surface area contributed by atoms with Crippen LogP contribution in [-0.2, 0) is 0 Å². The van der Waals surface area contributed by atoms with E-state index in [4.69, 9.17) is 0 Å². The molecule has 1 heteroatoms. The van der Waals surface area contributed by atoms with Gasteiger partial charge in [0.05, 0.1) is 9.52 Å². The number of hydrogen-bond acceptors (Lipinski definition) is 0. The van der Waals surface area contributed by atoms with E-state index in [1.165, 1.54) is 19.3 Å². The standard InChI is InChI=1S/C14H20Si/c1-11-7-6-10-14(12(11)2)15-13-8-4-3-5-9-13/h3-5,8-9,11H,6-7,10,15H2,1-2H3. The Bertz CT molecular complexity index is 351. The molecule has 2 rings (SSSR count). The summed E-state index contributed by atoms with van der Waals surface area (Å²) < 4.78 is 0. The molecule has 0 fully saturated rings. The molecule has 0 saturated carbocycles. The first kappa shape index (κ1) is 10.7. The lowest BCUT2D eigenvalue weighted by molar-refractivity contribution is 0.546. The molecule has 0 nitrogen and oxygen atoms in total. The van der Waals surface area contributed by atoms with Crippen LogP contribution >= 0.6 is 0 Å². The molecule has 0 aliphatic heterocycles. The summed E-state index contributed by atoms with van der Waals surface area (Å²) in [7, 11) is -0.157. The van der Waals surface area contributed by atoms with E-state index in [1.54, 1.807) is 10.8 Å². The quantitative estimate of drug-likeness (QED) is 0.667. The van der Waals surface area contributed by atoms with Crippen molar-refractivity contribution >= 4 is 14.7 Å². The first-order chi connectivity index (χ1) is 7.27. The lowest BCUT2D eigenvalue weighted by Crippen LogP contribution is -2.20. The number of rotatable bonds is 2. The zero-order chi connectivity index (χ0) is 10.7. The van der Waals surface area contributed by atoms with Crippen molar-refractivity contribution in [3.8, 4) is 0 Å². The Labute approximate surface area is 95.2 Å². The average Bonchev–Trinajstić information content (AvgIpc) is 2.26. The normalized spacial score (nSPS) is 22.7. The van der Waals surface area contributed by atoms with Gasteiger partial charge in [-0.3, -0.25) is 0 Å². The van der Waals surface area contributed by atoms with Gasteiger partial charge in [0, 0.05) is 0 Å². The molecule has 0 amide bonds. The topological polar surface area (TPSA) is 0 Å². The molecule has 0 heterocycles.